The molecular weight excluding hydrogens is 458 g/mol. The first kappa shape index (κ1) is 22.6. The van der Waals surface area contributed by atoms with Crippen LogP contribution in [0.25, 0.3) is 22.0 Å². The number of aryl methyl sites for hydroxylation is 1. The van der Waals surface area contributed by atoms with E-state index >= 15 is 0 Å². The number of hydrogen-bond acceptors (Lipinski definition) is 9. The summed E-state index contributed by atoms with van der Waals surface area (Å²) in [5.41, 5.74) is 9.06. The molecule has 1 aliphatic carbocycles. The van der Waals surface area contributed by atoms with Gasteiger partial charge in [0, 0.05) is 30.0 Å². The first-order valence-electron chi connectivity index (χ1n) is 11.2. The van der Waals surface area contributed by atoms with Crippen molar-refractivity contribution in [1.29, 1.82) is 0 Å². The van der Waals surface area contributed by atoms with Crippen LogP contribution in [0.2, 0.25) is 0 Å². The topological polar surface area (TPSA) is 139 Å². The maximum atomic E-state index is 12.6. The fraction of sp³-hybridized carbons (Fsp3) is 0.435. The lowest BCUT2D eigenvalue weighted by Crippen LogP contribution is -2.26. The van der Waals surface area contributed by atoms with Crippen LogP contribution in [0.15, 0.2) is 24.4 Å². The summed E-state index contributed by atoms with van der Waals surface area (Å²) in [7, 11) is -2.03. The van der Waals surface area contributed by atoms with Crippen LogP contribution in [0.1, 0.15) is 31.4 Å². The Hall–Kier alpha value is -3.18. The van der Waals surface area contributed by atoms with E-state index < -0.39 is 10.0 Å². The predicted octanol–water partition coefficient (Wildman–Crippen LogP) is 3.05. The van der Waals surface area contributed by atoms with E-state index in [0.717, 1.165) is 29.5 Å². The van der Waals surface area contributed by atoms with Gasteiger partial charge in [-0.15, -0.1) is 0 Å². The van der Waals surface area contributed by atoms with Gasteiger partial charge in [0.25, 0.3) is 0 Å². The molecule has 0 bridgehead atoms. The number of rotatable bonds is 7. The van der Waals surface area contributed by atoms with Crippen molar-refractivity contribution in [2.75, 3.05) is 30.8 Å². The van der Waals surface area contributed by atoms with Crippen molar-refractivity contribution in [2.45, 2.75) is 44.0 Å². The Morgan fingerprint density at radius 2 is 1.85 bits per heavy atom. The molecule has 2 fully saturated rings. The maximum Gasteiger partial charge on any atom is 0.238 e. The summed E-state index contributed by atoms with van der Waals surface area (Å²) in [5, 5.41) is 0.427. The van der Waals surface area contributed by atoms with Gasteiger partial charge in [0.05, 0.1) is 31.3 Å². The van der Waals surface area contributed by atoms with E-state index in [-0.39, 0.29) is 23.2 Å². The van der Waals surface area contributed by atoms with Gasteiger partial charge < -0.3 is 19.9 Å². The predicted molar refractivity (Wildman–Crippen MR) is 129 cm³/mol. The second-order valence-electron chi connectivity index (χ2n) is 8.59. The molecule has 11 heteroatoms. The molecule has 0 atom stereocenters. The number of pyridine rings is 1. The Morgan fingerprint density at radius 3 is 2.56 bits per heavy atom. The lowest BCUT2D eigenvalue weighted by molar-refractivity contribution is 0.0261. The number of nitrogen functional groups attached to an aromatic ring is 1. The summed E-state index contributed by atoms with van der Waals surface area (Å²) >= 11 is 0. The minimum absolute atomic E-state index is 0.00130. The van der Waals surface area contributed by atoms with Crippen molar-refractivity contribution in [1.82, 2.24) is 15.0 Å². The zero-order valence-corrected chi connectivity index (χ0v) is 19.9. The molecule has 1 saturated heterocycles. The van der Waals surface area contributed by atoms with Crippen LogP contribution in [0, 0.1) is 6.92 Å². The van der Waals surface area contributed by atoms with Crippen molar-refractivity contribution in [2.24, 2.45) is 0 Å². The van der Waals surface area contributed by atoms with E-state index in [1.165, 1.54) is 7.11 Å². The Balaban J connectivity index is 1.59. The first-order valence-corrected chi connectivity index (χ1v) is 12.8. The van der Waals surface area contributed by atoms with Crippen LogP contribution < -0.4 is 19.9 Å². The number of anilines is 2. The van der Waals surface area contributed by atoms with E-state index in [2.05, 4.69) is 19.7 Å². The Labute approximate surface area is 197 Å². The van der Waals surface area contributed by atoms with Gasteiger partial charge in [-0.25, -0.2) is 23.4 Å². The normalized spacial score (nSPS) is 17.0. The average molecular weight is 486 g/mol. The third-order valence-corrected chi connectivity index (χ3v) is 7.88. The van der Waals surface area contributed by atoms with E-state index in [0.29, 0.717) is 48.6 Å². The second kappa shape index (κ2) is 8.88. The largest absolute Gasteiger partial charge is 0.488 e. The molecule has 180 valence electrons. The number of sulfonamides is 1. The fourth-order valence-corrected chi connectivity index (χ4v) is 5.44. The van der Waals surface area contributed by atoms with Gasteiger partial charge >= 0.3 is 0 Å². The number of nitrogens with two attached hydrogens (primary N) is 1. The summed E-state index contributed by atoms with van der Waals surface area (Å²) in [5.74, 6) is 0.977. The molecule has 0 spiro atoms. The zero-order valence-electron chi connectivity index (χ0n) is 19.1. The third-order valence-electron chi connectivity index (χ3n) is 6.03. The number of nitrogens with zero attached hydrogens (tertiary/aromatic N) is 3. The quantitative estimate of drug-likeness (QED) is 0.517. The lowest BCUT2D eigenvalue weighted by Gasteiger charge is -2.24. The van der Waals surface area contributed by atoms with Gasteiger partial charge in [0.2, 0.25) is 21.9 Å². The number of ether oxygens (including phenoxy) is 3. The van der Waals surface area contributed by atoms with E-state index in [4.69, 9.17) is 19.9 Å². The van der Waals surface area contributed by atoms with Crippen LogP contribution >= 0.6 is 0 Å². The highest BCUT2D eigenvalue weighted by Crippen LogP contribution is 2.37. The van der Waals surface area contributed by atoms with E-state index in [9.17, 15) is 8.42 Å². The van der Waals surface area contributed by atoms with Crippen LogP contribution in [0.3, 0.4) is 0 Å². The Morgan fingerprint density at radius 1 is 1.09 bits per heavy atom. The number of nitrogens with one attached hydrogen (secondary N) is 1. The second-order valence-corrected chi connectivity index (χ2v) is 10.6. The van der Waals surface area contributed by atoms with Gasteiger partial charge in [-0.1, -0.05) is 0 Å². The van der Waals surface area contributed by atoms with Crippen LogP contribution in [-0.2, 0) is 14.8 Å². The molecule has 5 rings (SSSR count). The van der Waals surface area contributed by atoms with Gasteiger partial charge in [-0.05, 0) is 43.5 Å². The van der Waals surface area contributed by atoms with Crippen molar-refractivity contribution in [3.8, 4) is 22.8 Å². The highest BCUT2D eigenvalue weighted by molar-refractivity contribution is 7.93. The van der Waals surface area contributed by atoms with Gasteiger partial charge in [-0.3, -0.25) is 4.72 Å². The Kier molecular flexibility index (Phi) is 5.90. The molecule has 3 N–H and O–H groups in total. The number of aromatic nitrogens is 3. The lowest BCUT2D eigenvalue weighted by atomic mass is 10.0. The standard InChI is InChI=1S/C23H27N5O5S/c1-13-18-9-14(11-20(21(18)27-23(24)26-13)33-16-5-7-32-8-6-16)15-10-19(22(31-2)25-12-15)28-34(29,30)17-3-4-17/h9-12,16-17,28H,3-8H2,1-2H3,(H2,24,26,27). The van der Waals surface area contributed by atoms with Crippen molar-refractivity contribution >= 4 is 32.6 Å². The summed E-state index contributed by atoms with van der Waals surface area (Å²) in [6.45, 7) is 3.15. The molecule has 0 amide bonds. The maximum absolute atomic E-state index is 12.6. The molecule has 34 heavy (non-hydrogen) atoms. The van der Waals surface area contributed by atoms with Crippen molar-refractivity contribution in [3.05, 3.63) is 30.1 Å². The molecular formula is C23H27N5O5S. The summed E-state index contributed by atoms with van der Waals surface area (Å²) in [6.07, 6.45) is 4.51. The van der Waals surface area contributed by atoms with Crippen LogP contribution in [-0.4, -0.2) is 55.0 Å². The molecule has 3 heterocycles. The Bertz CT molecular complexity index is 1340. The zero-order chi connectivity index (χ0) is 23.9. The molecule has 0 radical (unpaired) electrons. The molecule has 1 saturated carbocycles. The SMILES string of the molecule is COc1ncc(-c2cc(OC3CCOCC3)c3nc(N)nc(C)c3c2)cc1NS(=O)(=O)C1CC1. The third kappa shape index (κ3) is 4.58. The molecule has 1 aliphatic heterocycles. The average Bonchev–Trinajstić information content (AvgIpc) is 3.66. The molecule has 2 aromatic heterocycles. The molecule has 2 aliphatic rings. The number of hydrogen-bond donors (Lipinski definition) is 2. The molecule has 3 aromatic rings. The first-order chi connectivity index (χ1) is 16.3. The number of fused-ring (bicyclic) bond motifs is 1. The minimum Gasteiger partial charge on any atom is -0.488 e. The summed E-state index contributed by atoms with van der Waals surface area (Å²) in [6, 6.07) is 5.54. The minimum atomic E-state index is -3.49. The highest BCUT2D eigenvalue weighted by Gasteiger charge is 2.36. The summed E-state index contributed by atoms with van der Waals surface area (Å²) in [4.78, 5) is 13.1. The van der Waals surface area contributed by atoms with Gasteiger partial charge in [0.15, 0.2) is 0 Å². The fourth-order valence-electron chi connectivity index (χ4n) is 4.06. The smallest absolute Gasteiger partial charge is 0.238 e. The monoisotopic (exact) mass is 485 g/mol. The molecule has 10 nitrogen and oxygen atoms in total. The van der Waals surface area contributed by atoms with E-state index in [1.807, 2.05) is 19.1 Å². The number of benzene rings is 1. The van der Waals surface area contributed by atoms with Crippen molar-refractivity contribution in [3.63, 3.8) is 0 Å². The van der Waals surface area contributed by atoms with E-state index in [1.54, 1.807) is 12.3 Å². The van der Waals surface area contributed by atoms with Gasteiger partial charge in [-0.2, -0.15) is 0 Å². The number of methoxy groups -OCH3 is 1. The van der Waals surface area contributed by atoms with Crippen LogP contribution in [0.5, 0.6) is 11.6 Å². The molecule has 0 unspecified atom stereocenters. The molecule has 1 aromatic carbocycles. The van der Waals surface area contributed by atoms with Crippen molar-refractivity contribution < 1.29 is 22.6 Å². The van der Waals surface area contributed by atoms with Gasteiger partial charge in [0.1, 0.15) is 23.1 Å². The van der Waals surface area contributed by atoms with Crippen LogP contribution in [0.4, 0.5) is 11.6 Å². The highest BCUT2D eigenvalue weighted by atomic mass is 32.2. The summed E-state index contributed by atoms with van der Waals surface area (Å²) < 4.78 is 44.9.